The summed E-state index contributed by atoms with van der Waals surface area (Å²) in [4.78, 5) is 11.5. The van der Waals surface area contributed by atoms with Crippen molar-refractivity contribution in [3.8, 4) is 0 Å². The molecule has 0 heterocycles. The van der Waals surface area contributed by atoms with Gasteiger partial charge in [-0.1, -0.05) is 44.2 Å². The van der Waals surface area contributed by atoms with E-state index in [1.54, 1.807) is 0 Å². The van der Waals surface area contributed by atoms with Crippen LogP contribution in [-0.2, 0) is 4.79 Å². The normalized spacial score (nSPS) is 12.5. The third-order valence-electron chi connectivity index (χ3n) is 2.34. The third-order valence-corrected chi connectivity index (χ3v) is 2.34. The summed E-state index contributed by atoms with van der Waals surface area (Å²) in [6, 6.07) is 9.48. The molecule has 3 nitrogen and oxygen atoms in total. The second-order valence-corrected chi connectivity index (χ2v) is 4.42. The number of carbonyl (C=O) groups is 1. The van der Waals surface area contributed by atoms with Gasteiger partial charge >= 0.3 is 0 Å². The minimum atomic E-state index is -0.214. The first-order valence-electron chi connectivity index (χ1n) is 5.67. The smallest absolute Gasteiger partial charge is 0.221 e. The first-order chi connectivity index (χ1) is 7.59. The van der Waals surface area contributed by atoms with Crippen LogP contribution in [0.2, 0.25) is 0 Å². The van der Waals surface area contributed by atoms with Crippen molar-refractivity contribution in [3.05, 3.63) is 35.9 Å². The van der Waals surface area contributed by atoms with Gasteiger partial charge in [0.2, 0.25) is 5.91 Å². The van der Waals surface area contributed by atoms with Crippen LogP contribution in [0.3, 0.4) is 0 Å². The maximum absolute atomic E-state index is 11.5. The fourth-order valence-electron chi connectivity index (χ4n) is 1.41. The van der Waals surface area contributed by atoms with Crippen molar-refractivity contribution in [1.82, 2.24) is 5.32 Å². The van der Waals surface area contributed by atoms with Gasteiger partial charge in [-0.3, -0.25) is 4.79 Å². The van der Waals surface area contributed by atoms with E-state index in [2.05, 4.69) is 19.2 Å². The fraction of sp³-hybridized carbons (Fsp3) is 0.462. The van der Waals surface area contributed by atoms with Crippen molar-refractivity contribution in [2.24, 2.45) is 11.7 Å². The van der Waals surface area contributed by atoms with Crippen LogP contribution in [-0.4, -0.2) is 12.5 Å². The molecule has 0 fully saturated rings. The lowest BCUT2D eigenvalue weighted by Gasteiger charge is -2.13. The van der Waals surface area contributed by atoms with E-state index in [4.69, 9.17) is 5.73 Å². The van der Waals surface area contributed by atoms with Gasteiger partial charge in [-0.15, -0.1) is 0 Å². The first kappa shape index (κ1) is 12.7. The highest BCUT2D eigenvalue weighted by atomic mass is 16.1. The second kappa shape index (κ2) is 6.28. The molecule has 0 saturated carbocycles. The Kier molecular flexibility index (Phi) is 4.99. The quantitative estimate of drug-likeness (QED) is 0.795. The Balaban J connectivity index is 2.40. The van der Waals surface area contributed by atoms with Crippen LogP contribution in [0.5, 0.6) is 0 Å². The van der Waals surface area contributed by atoms with Gasteiger partial charge in [0.25, 0.3) is 0 Å². The van der Waals surface area contributed by atoms with E-state index in [1.165, 1.54) is 0 Å². The molecule has 3 N–H and O–H groups in total. The number of carbonyl (C=O) groups excluding carboxylic acids is 1. The fourth-order valence-corrected chi connectivity index (χ4v) is 1.41. The van der Waals surface area contributed by atoms with E-state index in [9.17, 15) is 4.79 Å². The van der Waals surface area contributed by atoms with Crippen LogP contribution in [0.15, 0.2) is 30.3 Å². The van der Waals surface area contributed by atoms with E-state index < -0.39 is 0 Å². The Hall–Kier alpha value is -1.35. The maximum atomic E-state index is 11.5. The highest BCUT2D eigenvalue weighted by Crippen LogP contribution is 2.12. The molecule has 88 valence electrons. The molecule has 1 aromatic carbocycles. The predicted molar refractivity (Wildman–Crippen MR) is 65.8 cm³/mol. The Labute approximate surface area is 97.0 Å². The summed E-state index contributed by atoms with van der Waals surface area (Å²) in [6.45, 7) is 4.84. The number of nitrogens with one attached hydrogen (secondary N) is 1. The number of nitrogens with two attached hydrogens (primary N) is 1. The van der Waals surface area contributed by atoms with Gasteiger partial charge in [0.1, 0.15) is 0 Å². The molecular formula is C13H20N2O. The lowest BCUT2D eigenvalue weighted by atomic mass is 10.0. The van der Waals surface area contributed by atoms with E-state index in [-0.39, 0.29) is 11.9 Å². The zero-order valence-electron chi connectivity index (χ0n) is 9.94. The number of hydrogen-bond donors (Lipinski definition) is 2. The Morgan fingerprint density at radius 3 is 2.50 bits per heavy atom. The Morgan fingerprint density at radius 2 is 1.94 bits per heavy atom. The molecule has 0 spiro atoms. The molecule has 1 amide bonds. The van der Waals surface area contributed by atoms with Crippen LogP contribution in [0.4, 0.5) is 0 Å². The summed E-state index contributed by atoms with van der Waals surface area (Å²) in [5.41, 5.74) is 6.94. The van der Waals surface area contributed by atoms with Crippen molar-refractivity contribution in [3.63, 3.8) is 0 Å². The van der Waals surface area contributed by atoms with Gasteiger partial charge in [0.05, 0.1) is 0 Å². The zero-order chi connectivity index (χ0) is 12.0. The first-order valence-corrected chi connectivity index (χ1v) is 5.67. The van der Waals surface area contributed by atoms with Crippen LogP contribution < -0.4 is 11.1 Å². The van der Waals surface area contributed by atoms with Crippen molar-refractivity contribution < 1.29 is 4.79 Å². The molecule has 0 saturated heterocycles. The number of amides is 1. The van der Waals surface area contributed by atoms with E-state index in [1.807, 2.05) is 30.3 Å². The van der Waals surface area contributed by atoms with Crippen molar-refractivity contribution >= 4 is 5.91 Å². The zero-order valence-corrected chi connectivity index (χ0v) is 9.94. The van der Waals surface area contributed by atoms with Crippen molar-refractivity contribution in [1.29, 1.82) is 0 Å². The van der Waals surface area contributed by atoms with E-state index >= 15 is 0 Å². The number of hydrogen-bond acceptors (Lipinski definition) is 2. The van der Waals surface area contributed by atoms with Crippen LogP contribution in [0, 0.1) is 5.92 Å². The highest BCUT2D eigenvalue weighted by Gasteiger charge is 2.10. The number of rotatable bonds is 5. The van der Waals surface area contributed by atoms with Crippen LogP contribution in [0.1, 0.15) is 31.9 Å². The molecule has 1 atom stereocenters. The second-order valence-electron chi connectivity index (χ2n) is 4.42. The van der Waals surface area contributed by atoms with E-state index in [0.717, 1.165) is 5.56 Å². The van der Waals surface area contributed by atoms with Crippen LogP contribution in [0.25, 0.3) is 0 Å². The molecule has 0 aliphatic rings. The monoisotopic (exact) mass is 220 g/mol. The van der Waals surface area contributed by atoms with E-state index in [0.29, 0.717) is 18.9 Å². The minimum Gasteiger partial charge on any atom is -0.356 e. The third kappa shape index (κ3) is 4.45. The average Bonchev–Trinajstić information content (AvgIpc) is 2.27. The molecule has 0 aliphatic carbocycles. The van der Waals surface area contributed by atoms with Gasteiger partial charge in [-0.25, -0.2) is 0 Å². The van der Waals surface area contributed by atoms with Gasteiger partial charge in [-0.05, 0) is 11.5 Å². The molecule has 1 rings (SSSR count). The van der Waals surface area contributed by atoms with Crippen LogP contribution >= 0.6 is 0 Å². The largest absolute Gasteiger partial charge is 0.356 e. The summed E-state index contributed by atoms with van der Waals surface area (Å²) in [5, 5.41) is 2.86. The summed E-state index contributed by atoms with van der Waals surface area (Å²) >= 11 is 0. The topological polar surface area (TPSA) is 55.1 Å². The SMILES string of the molecule is CC(C)CNC(=O)C[C@H](N)c1ccccc1. The summed E-state index contributed by atoms with van der Waals surface area (Å²) in [6.07, 6.45) is 0.344. The van der Waals surface area contributed by atoms with Gasteiger partial charge in [0, 0.05) is 19.0 Å². The molecular weight excluding hydrogens is 200 g/mol. The molecule has 0 unspecified atom stereocenters. The molecule has 1 aromatic rings. The molecule has 0 aliphatic heterocycles. The Morgan fingerprint density at radius 1 is 1.31 bits per heavy atom. The summed E-state index contributed by atoms with van der Waals surface area (Å²) < 4.78 is 0. The van der Waals surface area contributed by atoms with Gasteiger partial charge in [-0.2, -0.15) is 0 Å². The molecule has 0 aromatic heterocycles. The minimum absolute atomic E-state index is 0.0186. The standard InChI is InChI=1S/C13H20N2O/c1-10(2)9-15-13(16)8-12(14)11-6-4-3-5-7-11/h3-7,10,12H,8-9,14H2,1-2H3,(H,15,16)/t12-/m0/s1. The molecule has 16 heavy (non-hydrogen) atoms. The average molecular weight is 220 g/mol. The molecule has 3 heteroatoms. The molecule has 0 radical (unpaired) electrons. The highest BCUT2D eigenvalue weighted by molar-refractivity contribution is 5.76. The lowest BCUT2D eigenvalue weighted by molar-refractivity contribution is -0.121. The van der Waals surface area contributed by atoms with Gasteiger partial charge in [0.15, 0.2) is 0 Å². The maximum Gasteiger partial charge on any atom is 0.221 e. The summed E-state index contributed by atoms with van der Waals surface area (Å²) in [5.74, 6) is 0.488. The van der Waals surface area contributed by atoms with Crippen molar-refractivity contribution in [2.75, 3.05) is 6.54 Å². The molecule has 0 bridgehead atoms. The van der Waals surface area contributed by atoms with Crippen molar-refractivity contribution in [2.45, 2.75) is 26.3 Å². The van der Waals surface area contributed by atoms with Gasteiger partial charge < -0.3 is 11.1 Å². The summed E-state index contributed by atoms with van der Waals surface area (Å²) in [7, 11) is 0. The lowest BCUT2D eigenvalue weighted by Crippen LogP contribution is -2.30. The Bertz CT molecular complexity index is 322. The predicted octanol–water partition coefficient (Wildman–Crippen LogP) is 1.85. The number of benzene rings is 1.